The molecule has 0 aliphatic carbocycles. The van der Waals surface area contributed by atoms with Crippen LogP contribution < -0.4 is 5.32 Å². The van der Waals surface area contributed by atoms with Crippen LogP contribution in [0.2, 0.25) is 0 Å². The fourth-order valence-corrected chi connectivity index (χ4v) is 2.32. The fourth-order valence-electron chi connectivity index (χ4n) is 2.32. The number of carbonyl (C=O) groups excluding carboxylic acids is 4. The van der Waals surface area contributed by atoms with Gasteiger partial charge in [-0.2, -0.15) is 0 Å². The predicted octanol–water partition coefficient (Wildman–Crippen LogP) is 0.219. The Bertz CT molecular complexity index is 707. The van der Waals surface area contributed by atoms with Gasteiger partial charge in [-0.3, -0.25) is 9.59 Å². The van der Waals surface area contributed by atoms with Crippen molar-refractivity contribution in [2.75, 3.05) is 6.61 Å². The van der Waals surface area contributed by atoms with Crippen molar-refractivity contribution in [1.82, 2.24) is 10.5 Å². The maximum atomic E-state index is 12.1. The topological polar surface area (TPSA) is 120 Å². The molecule has 2 aliphatic heterocycles. The van der Waals surface area contributed by atoms with E-state index in [1.54, 1.807) is 24.3 Å². The second kappa shape index (κ2) is 7.83. The van der Waals surface area contributed by atoms with Gasteiger partial charge in [0.15, 0.2) is 0 Å². The molecule has 26 heavy (non-hydrogen) atoms. The van der Waals surface area contributed by atoms with Crippen LogP contribution in [0.15, 0.2) is 30.3 Å². The van der Waals surface area contributed by atoms with Crippen molar-refractivity contribution in [2.24, 2.45) is 0 Å². The zero-order valence-corrected chi connectivity index (χ0v) is 13.6. The quantitative estimate of drug-likeness (QED) is 0.737. The van der Waals surface area contributed by atoms with Crippen LogP contribution in [0.3, 0.4) is 0 Å². The highest BCUT2D eigenvalue weighted by atomic mass is 17.0. The van der Waals surface area contributed by atoms with Crippen LogP contribution in [0.4, 0.5) is 4.79 Å². The third kappa shape index (κ3) is 4.28. The summed E-state index contributed by atoms with van der Waals surface area (Å²) in [5.41, 5.74) is 0.790. The Balaban J connectivity index is 1.44. The molecule has 2 heterocycles. The minimum Gasteiger partial charge on any atom is -0.450 e. The summed E-state index contributed by atoms with van der Waals surface area (Å²) in [6.07, 6.45) is -1.60. The standard InChI is InChI=1S/C16H16N2O8/c19-13-7-6-12(25-13)15(21)26-18-14(20)11(9-24-18)17-16(22)23-8-10-4-2-1-3-5-10/h1-5,11-12H,6-9H2,(H,17,22)/t11-,12?/m0/s1. The van der Waals surface area contributed by atoms with Crippen LogP contribution in [0.1, 0.15) is 18.4 Å². The number of alkyl carbamates (subject to hydrolysis) is 1. The number of hydrogen-bond donors (Lipinski definition) is 1. The molecule has 138 valence electrons. The number of benzene rings is 1. The second-order valence-electron chi connectivity index (χ2n) is 5.58. The highest BCUT2D eigenvalue weighted by molar-refractivity contribution is 5.88. The first-order valence-electron chi connectivity index (χ1n) is 7.88. The van der Waals surface area contributed by atoms with Gasteiger partial charge in [-0.25, -0.2) is 14.4 Å². The van der Waals surface area contributed by atoms with Gasteiger partial charge in [0.1, 0.15) is 19.3 Å². The Hall–Kier alpha value is -3.14. The third-order valence-corrected chi connectivity index (χ3v) is 3.66. The minimum atomic E-state index is -1.07. The molecule has 3 rings (SSSR count). The number of esters is 1. The van der Waals surface area contributed by atoms with Crippen LogP contribution in [0, 0.1) is 0 Å². The molecular weight excluding hydrogens is 348 g/mol. The summed E-state index contributed by atoms with van der Waals surface area (Å²) in [6.45, 7) is -0.183. The van der Waals surface area contributed by atoms with Crippen LogP contribution in [-0.2, 0) is 40.1 Å². The lowest BCUT2D eigenvalue weighted by Crippen LogP contribution is -2.43. The maximum absolute atomic E-state index is 12.1. The van der Waals surface area contributed by atoms with Gasteiger partial charge in [0.05, 0.1) is 0 Å². The monoisotopic (exact) mass is 364 g/mol. The third-order valence-electron chi connectivity index (χ3n) is 3.66. The average molecular weight is 364 g/mol. The van der Waals surface area contributed by atoms with Crippen molar-refractivity contribution in [3.8, 4) is 0 Å². The van der Waals surface area contributed by atoms with Gasteiger partial charge in [-0.1, -0.05) is 30.3 Å². The molecule has 2 fully saturated rings. The Morgan fingerprint density at radius 2 is 2.00 bits per heavy atom. The number of nitrogens with zero attached hydrogens (tertiary/aromatic N) is 1. The van der Waals surface area contributed by atoms with Gasteiger partial charge in [0, 0.05) is 12.8 Å². The highest BCUT2D eigenvalue weighted by Crippen LogP contribution is 2.17. The van der Waals surface area contributed by atoms with Crippen molar-refractivity contribution >= 4 is 23.9 Å². The van der Waals surface area contributed by atoms with Crippen molar-refractivity contribution in [2.45, 2.75) is 31.6 Å². The van der Waals surface area contributed by atoms with E-state index in [1.165, 1.54) is 0 Å². The number of nitrogens with one attached hydrogen (secondary N) is 1. The molecule has 0 saturated carbocycles. The lowest BCUT2D eigenvalue weighted by atomic mass is 10.2. The number of hydrogen-bond acceptors (Lipinski definition) is 8. The van der Waals surface area contributed by atoms with Gasteiger partial charge in [0.25, 0.3) is 0 Å². The molecule has 2 aliphatic rings. The smallest absolute Gasteiger partial charge is 0.408 e. The highest BCUT2D eigenvalue weighted by Gasteiger charge is 2.40. The molecule has 1 aromatic rings. The largest absolute Gasteiger partial charge is 0.450 e. The van der Waals surface area contributed by atoms with Crippen LogP contribution in [0.5, 0.6) is 0 Å². The van der Waals surface area contributed by atoms with Gasteiger partial charge < -0.3 is 19.6 Å². The van der Waals surface area contributed by atoms with E-state index in [1.807, 2.05) is 6.07 Å². The van der Waals surface area contributed by atoms with Crippen LogP contribution in [0.25, 0.3) is 0 Å². The molecule has 1 aromatic carbocycles. The molecule has 0 radical (unpaired) electrons. The summed E-state index contributed by atoms with van der Waals surface area (Å²) < 4.78 is 9.74. The Labute approximate surface area is 147 Å². The number of cyclic esters (lactones) is 1. The number of ether oxygens (including phenoxy) is 2. The number of amides is 2. The zero-order chi connectivity index (χ0) is 18.5. The fraction of sp³-hybridized carbons (Fsp3) is 0.375. The molecular formula is C16H16N2O8. The molecule has 0 spiro atoms. The van der Waals surface area contributed by atoms with Gasteiger partial charge >= 0.3 is 23.9 Å². The van der Waals surface area contributed by atoms with E-state index in [0.717, 1.165) is 5.56 Å². The SMILES string of the molecule is O=C1CCC(C(=O)ON2OC[C@H](NC(=O)OCc3ccccc3)C2=O)O1. The van der Waals surface area contributed by atoms with E-state index >= 15 is 0 Å². The number of hydroxylamine groups is 2. The lowest BCUT2D eigenvalue weighted by molar-refractivity contribution is -0.306. The van der Waals surface area contributed by atoms with Gasteiger partial charge in [0.2, 0.25) is 6.10 Å². The Morgan fingerprint density at radius 1 is 1.23 bits per heavy atom. The molecule has 0 bridgehead atoms. The zero-order valence-electron chi connectivity index (χ0n) is 13.6. The number of rotatable bonds is 5. The van der Waals surface area contributed by atoms with Gasteiger partial charge in [-0.05, 0) is 10.8 Å². The molecule has 1 unspecified atom stereocenters. The summed E-state index contributed by atoms with van der Waals surface area (Å²) in [7, 11) is 0. The molecule has 0 aromatic heterocycles. The van der Waals surface area contributed by atoms with E-state index in [2.05, 4.69) is 5.32 Å². The Kier molecular flexibility index (Phi) is 5.32. The van der Waals surface area contributed by atoms with Crippen LogP contribution in [-0.4, -0.2) is 47.9 Å². The summed E-state index contributed by atoms with van der Waals surface area (Å²) >= 11 is 0. The summed E-state index contributed by atoms with van der Waals surface area (Å²) in [5, 5.41) is 2.70. The van der Waals surface area contributed by atoms with E-state index in [-0.39, 0.29) is 26.1 Å². The molecule has 2 atom stereocenters. The van der Waals surface area contributed by atoms with E-state index in [4.69, 9.17) is 19.1 Å². The summed E-state index contributed by atoms with van der Waals surface area (Å²) in [4.78, 5) is 56.3. The summed E-state index contributed by atoms with van der Waals surface area (Å²) in [6, 6.07) is 7.96. The number of carbonyl (C=O) groups is 4. The summed E-state index contributed by atoms with van der Waals surface area (Å²) in [5.74, 6) is -2.21. The lowest BCUT2D eigenvalue weighted by Gasteiger charge is -2.15. The van der Waals surface area contributed by atoms with E-state index in [9.17, 15) is 19.2 Å². The van der Waals surface area contributed by atoms with Crippen LogP contribution >= 0.6 is 0 Å². The molecule has 1 N–H and O–H groups in total. The first kappa shape index (κ1) is 17.7. The molecule has 10 heteroatoms. The first-order chi connectivity index (χ1) is 12.5. The van der Waals surface area contributed by atoms with Crippen molar-refractivity contribution in [3.63, 3.8) is 0 Å². The van der Waals surface area contributed by atoms with Crippen molar-refractivity contribution in [3.05, 3.63) is 35.9 Å². The molecule has 10 nitrogen and oxygen atoms in total. The average Bonchev–Trinajstić information content (AvgIpc) is 3.22. The maximum Gasteiger partial charge on any atom is 0.408 e. The Morgan fingerprint density at radius 3 is 2.69 bits per heavy atom. The minimum absolute atomic E-state index is 0.0419. The van der Waals surface area contributed by atoms with Crippen molar-refractivity contribution in [1.29, 1.82) is 0 Å². The second-order valence-corrected chi connectivity index (χ2v) is 5.58. The molecule has 2 amide bonds. The van der Waals surface area contributed by atoms with E-state index in [0.29, 0.717) is 5.23 Å². The van der Waals surface area contributed by atoms with Gasteiger partial charge in [-0.15, -0.1) is 0 Å². The normalized spacial score (nSPS) is 22.1. The van der Waals surface area contributed by atoms with Crippen molar-refractivity contribution < 1.29 is 38.3 Å². The molecule has 2 saturated heterocycles. The predicted molar refractivity (Wildman–Crippen MR) is 81.6 cm³/mol. The van der Waals surface area contributed by atoms with E-state index < -0.39 is 36.1 Å². The first-order valence-corrected chi connectivity index (χ1v) is 7.88.